The van der Waals surface area contributed by atoms with Crippen molar-refractivity contribution in [3.05, 3.63) is 34.3 Å². The molecule has 0 saturated carbocycles. The van der Waals surface area contributed by atoms with Crippen molar-refractivity contribution in [2.45, 2.75) is 13.3 Å². The van der Waals surface area contributed by atoms with Gasteiger partial charge in [0.05, 0.1) is 0 Å². The number of rotatable bonds is 1. The summed E-state index contributed by atoms with van der Waals surface area (Å²) in [7, 11) is 0. The van der Waals surface area contributed by atoms with E-state index in [1.807, 2.05) is 24.0 Å². The molecule has 0 radical (unpaired) electrons. The number of amides is 1. The average Bonchev–Trinajstić information content (AvgIpc) is 2.88. The lowest BCUT2D eigenvalue weighted by molar-refractivity contribution is 0.0642. The first kappa shape index (κ1) is 12.9. The number of piperidine rings is 1. The number of fused-ring (bicyclic) bond motifs is 1. The van der Waals surface area contributed by atoms with Gasteiger partial charge in [0, 0.05) is 23.7 Å². The van der Waals surface area contributed by atoms with Gasteiger partial charge < -0.3 is 10.2 Å². The first-order chi connectivity index (χ1) is 9.15. The zero-order valence-electron chi connectivity index (χ0n) is 11.2. The number of carbonyl (C=O) groups is 1. The van der Waals surface area contributed by atoms with E-state index in [1.54, 1.807) is 6.07 Å². The minimum absolute atomic E-state index is 0.130. The summed E-state index contributed by atoms with van der Waals surface area (Å²) in [5.41, 5.74) is 1.75. The Kier molecular flexibility index (Phi) is 3.50. The summed E-state index contributed by atoms with van der Waals surface area (Å²) in [6.07, 6.45) is 1.11. The molecule has 2 aliphatic heterocycles. The van der Waals surface area contributed by atoms with E-state index in [0.717, 1.165) is 49.6 Å². The van der Waals surface area contributed by atoms with Crippen LogP contribution in [0, 0.1) is 18.8 Å². The van der Waals surface area contributed by atoms with Crippen molar-refractivity contribution in [1.29, 1.82) is 0 Å². The van der Waals surface area contributed by atoms with Crippen molar-refractivity contribution in [3.8, 4) is 0 Å². The summed E-state index contributed by atoms with van der Waals surface area (Å²) in [5.74, 6) is 1.51. The molecule has 0 spiro atoms. The third kappa shape index (κ3) is 2.49. The largest absolute Gasteiger partial charge is 0.338 e. The molecule has 3 nitrogen and oxygen atoms in total. The fourth-order valence-electron chi connectivity index (χ4n) is 3.21. The van der Waals surface area contributed by atoms with E-state index in [1.165, 1.54) is 0 Å². The predicted molar refractivity (Wildman–Crippen MR) is 76.6 cm³/mol. The lowest BCUT2D eigenvalue weighted by Gasteiger charge is -2.34. The highest BCUT2D eigenvalue weighted by Crippen LogP contribution is 2.28. The van der Waals surface area contributed by atoms with Gasteiger partial charge in [-0.1, -0.05) is 17.7 Å². The van der Waals surface area contributed by atoms with Gasteiger partial charge in [-0.05, 0) is 56.0 Å². The maximum absolute atomic E-state index is 12.6. The van der Waals surface area contributed by atoms with Gasteiger partial charge in [0.2, 0.25) is 0 Å². The van der Waals surface area contributed by atoms with E-state index in [2.05, 4.69) is 5.32 Å². The number of likely N-dealkylation sites (tertiary alicyclic amines) is 1. The third-order valence-electron chi connectivity index (χ3n) is 4.42. The number of nitrogens with zero attached hydrogens (tertiary/aromatic N) is 1. The Labute approximate surface area is 118 Å². The van der Waals surface area contributed by atoms with Crippen LogP contribution in [-0.4, -0.2) is 37.0 Å². The molecule has 0 aromatic heterocycles. The van der Waals surface area contributed by atoms with Crippen LogP contribution in [0.25, 0.3) is 0 Å². The number of aryl methyl sites for hydroxylation is 1. The molecule has 4 heteroatoms. The molecule has 19 heavy (non-hydrogen) atoms. The first-order valence-corrected chi connectivity index (χ1v) is 7.29. The van der Waals surface area contributed by atoms with Crippen LogP contribution < -0.4 is 5.32 Å². The highest BCUT2D eigenvalue weighted by molar-refractivity contribution is 6.31. The maximum Gasteiger partial charge on any atom is 0.254 e. The van der Waals surface area contributed by atoms with Gasteiger partial charge in [-0.15, -0.1) is 0 Å². The molecule has 2 fully saturated rings. The van der Waals surface area contributed by atoms with Crippen LogP contribution in [0.15, 0.2) is 18.2 Å². The molecule has 1 aromatic carbocycles. The van der Waals surface area contributed by atoms with Crippen molar-refractivity contribution < 1.29 is 4.79 Å². The normalized spacial score (nSPS) is 26.3. The van der Waals surface area contributed by atoms with Crippen molar-refractivity contribution in [2.75, 3.05) is 26.2 Å². The Balaban J connectivity index is 1.78. The van der Waals surface area contributed by atoms with Crippen molar-refractivity contribution in [1.82, 2.24) is 10.2 Å². The molecule has 2 atom stereocenters. The highest BCUT2D eigenvalue weighted by Gasteiger charge is 2.34. The van der Waals surface area contributed by atoms with Crippen LogP contribution in [0.3, 0.4) is 0 Å². The monoisotopic (exact) mass is 278 g/mol. The first-order valence-electron chi connectivity index (χ1n) is 6.91. The molecule has 0 bridgehead atoms. The predicted octanol–water partition coefficient (Wildman–Crippen LogP) is 2.33. The average molecular weight is 279 g/mol. The fourth-order valence-corrected chi connectivity index (χ4v) is 3.39. The minimum Gasteiger partial charge on any atom is -0.338 e. The Morgan fingerprint density at radius 3 is 3.00 bits per heavy atom. The van der Waals surface area contributed by atoms with Gasteiger partial charge >= 0.3 is 0 Å². The van der Waals surface area contributed by atoms with Crippen LogP contribution in [-0.2, 0) is 0 Å². The second kappa shape index (κ2) is 5.14. The van der Waals surface area contributed by atoms with E-state index in [4.69, 9.17) is 11.6 Å². The second-order valence-electron chi connectivity index (χ2n) is 5.68. The zero-order valence-corrected chi connectivity index (χ0v) is 11.9. The van der Waals surface area contributed by atoms with E-state index in [9.17, 15) is 4.79 Å². The molecular weight excluding hydrogens is 260 g/mol. The number of nitrogens with one attached hydrogen (secondary N) is 1. The van der Waals surface area contributed by atoms with E-state index in [-0.39, 0.29) is 5.91 Å². The topological polar surface area (TPSA) is 32.3 Å². The number of hydrogen-bond donors (Lipinski definition) is 1. The second-order valence-corrected chi connectivity index (χ2v) is 6.11. The molecular formula is C15H19ClN2O. The smallest absolute Gasteiger partial charge is 0.254 e. The standard InChI is InChI=1S/C15H19ClN2O/c1-10-2-3-13(16)6-14(10)15(19)18-5-4-11-7-17-8-12(11)9-18/h2-3,6,11-12,17H,4-5,7-9H2,1H3. The van der Waals surface area contributed by atoms with Gasteiger partial charge in [-0.2, -0.15) is 0 Å². The molecule has 1 amide bonds. The summed E-state index contributed by atoms with van der Waals surface area (Å²) in [4.78, 5) is 14.6. The van der Waals surface area contributed by atoms with E-state index in [0.29, 0.717) is 10.9 Å². The molecule has 0 aliphatic carbocycles. The van der Waals surface area contributed by atoms with Gasteiger partial charge in [0.1, 0.15) is 0 Å². The van der Waals surface area contributed by atoms with Crippen molar-refractivity contribution in [3.63, 3.8) is 0 Å². The van der Waals surface area contributed by atoms with Gasteiger partial charge in [-0.3, -0.25) is 4.79 Å². The summed E-state index contributed by atoms with van der Waals surface area (Å²) in [5, 5.41) is 4.06. The van der Waals surface area contributed by atoms with Crippen molar-refractivity contribution in [2.24, 2.45) is 11.8 Å². The maximum atomic E-state index is 12.6. The van der Waals surface area contributed by atoms with Crippen LogP contribution in [0.4, 0.5) is 0 Å². The van der Waals surface area contributed by atoms with Gasteiger partial charge in [0.15, 0.2) is 0 Å². The summed E-state index contributed by atoms with van der Waals surface area (Å²) >= 11 is 6.01. The molecule has 102 valence electrons. The molecule has 3 rings (SSSR count). The molecule has 2 heterocycles. The van der Waals surface area contributed by atoms with Gasteiger partial charge in [0.25, 0.3) is 5.91 Å². The highest BCUT2D eigenvalue weighted by atomic mass is 35.5. The molecule has 2 unspecified atom stereocenters. The number of benzene rings is 1. The summed E-state index contributed by atoms with van der Waals surface area (Å²) in [6.45, 7) is 5.87. The fraction of sp³-hybridized carbons (Fsp3) is 0.533. The van der Waals surface area contributed by atoms with Crippen molar-refractivity contribution >= 4 is 17.5 Å². The van der Waals surface area contributed by atoms with Crippen LogP contribution >= 0.6 is 11.6 Å². The Hall–Kier alpha value is -1.06. The Morgan fingerprint density at radius 2 is 2.16 bits per heavy atom. The zero-order chi connectivity index (χ0) is 13.4. The van der Waals surface area contributed by atoms with Gasteiger partial charge in [-0.25, -0.2) is 0 Å². The molecule has 1 N–H and O–H groups in total. The minimum atomic E-state index is 0.130. The Morgan fingerprint density at radius 1 is 1.37 bits per heavy atom. The lowest BCUT2D eigenvalue weighted by atomic mass is 9.88. The van der Waals surface area contributed by atoms with E-state index >= 15 is 0 Å². The molecule has 2 aliphatic rings. The number of halogens is 1. The number of hydrogen-bond acceptors (Lipinski definition) is 2. The molecule has 1 aromatic rings. The van der Waals surface area contributed by atoms with Crippen LogP contribution in [0.2, 0.25) is 5.02 Å². The van der Waals surface area contributed by atoms with E-state index < -0.39 is 0 Å². The molecule has 2 saturated heterocycles. The van der Waals surface area contributed by atoms with Crippen LogP contribution in [0.1, 0.15) is 22.3 Å². The lowest BCUT2D eigenvalue weighted by Crippen LogP contribution is -2.43. The third-order valence-corrected chi connectivity index (χ3v) is 4.66. The summed E-state index contributed by atoms with van der Waals surface area (Å²) in [6, 6.07) is 5.54. The number of carbonyl (C=O) groups excluding carboxylic acids is 1. The Bertz CT molecular complexity index is 503. The summed E-state index contributed by atoms with van der Waals surface area (Å²) < 4.78 is 0. The SMILES string of the molecule is Cc1ccc(Cl)cc1C(=O)N1CCC2CNCC2C1. The quantitative estimate of drug-likeness (QED) is 0.855. The van der Waals surface area contributed by atoms with Crippen LogP contribution in [0.5, 0.6) is 0 Å².